The highest BCUT2D eigenvalue weighted by atomic mass is 127. The zero-order chi connectivity index (χ0) is 20.4. The van der Waals surface area contributed by atoms with Crippen LogP contribution in [-0.2, 0) is 6.61 Å². The van der Waals surface area contributed by atoms with Gasteiger partial charge in [0, 0.05) is 33.7 Å². The summed E-state index contributed by atoms with van der Waals surface area (Å²) in [6.07, 6.45) is 2.60. The van der Waals surface area contributed by atoms with E-state index in [2.05, 4.69) is 39.1 Å². The molecule has 0 saturated heterocycles. The Hall–Kier alpha value is -2.62. The molecule has 0 aromatic carbocycles. The van der Waals surface area contributed by atoms with Gasteiger partial charge in [-0.1, -0.05) is 6.58 Å². The van der Waals surface area contributed by atoms with Crippen LogP contribution in [-0.4, -0.2) is 14.5 Å². The van der Waals surface area contributed by atoms with Crippen molar-refractivity contribution in [2.24, 2.45) is 0 Å². The van der Waals surface area contributed by atoms with Crippen molar-refractivity contribution >= 4 is 26.2 Å². The number of ether oxygens (including phenoxy) is 1. The zero-order valence-corrected chi connectivity index (χ0v) is 17.3. The molecule has 3 aromatic rings. The molecule has 0 aliphatic heterocycles. The van der Waals surface area contributed by atoms with E-state index in [1.54, 1.807) is 29.8 Å². The summed E-state index contributed by atoms with van der Waals surface area (Å²) in [5, 5.41) is 0. The van der Waals surface area contributed by atoms with Crippen molar-refractivity contribution in [3.63, 3.8) is 0 Å². The molecule has 0 unspecified atom stereocenters. The maximum absolute atomic E-state index is 13.7. The number of pyridine rings is 3. The van der Waals surface area contributed by atoms with Gasteiger partial charge in [-0.2, -0.15) is 0 Å². The molecule has 0 bridgehead atoms. The van der Waals surface area contributed by atoms with Crippen molar-refractivity contribution in [3.8, 4) is 11.4 Å². The second-order valence-corrected chi connectivity index (χ2v) is 7.44. The fraction of sp³-hybridized carbons (Fsp3) is 0.150. The SMILES string of the molecule is C=C(I)c1cc(-n2c(C)cc(OCc3ncc(F)cc3F)cc2=O)c(C)cn1. The molecule has 0 N–H and O–H groups in total. The fourth-order valence-corrected chi connectivity index (χ4v) is 2.96. The Labute approximate surface area is 173 Å². The van der Waals surface area contributed by atoms with E-state index in [9.17, 15) is 13.6 Å². The molecule has 8 heteroatoms. The molecule has 3 rings (SSSR count). The minimum atomic E-state index is -0.802. The van der Waals surface area contributed by atoms with Crippen LogP contribution in [0.15, 0.2) is 48.0 Å². The van der Waals surface area contributed by atoms with E-state index in [1.807, 2.05) is 6.92 Å². The Balaban J connectivity index is 1.92. The molecule has 3 heterocycles. The lowest BCUT2D eigenvalue weighted by Gasteiger charge is -2.15. The summed E-state index contributed by atoms with van der Waals surface area (Å²) < 4.78 is 34.4. The minimum Gasteiger partial charge on any atom is -0.487 e. The Morgan fingerprint density at radius 2 is 1.93 bits per heavy atom. The van der Waals surface area contributed by atoms with Crippen LogP contribution in [0.4, 0.5) is 8.78 Å². The Morgan fingerprint density at radius 1 is 1.18 bits per heavy atom. The average Bonchev–Trinajstić information content (AvgIpc) is 2.61. The first-order valence-electron chi connectivity index (χ1n) is 8.24. The van der Waals surface area contributed by atoms with Crippen molar-refractivity contribution in [2.45, 2.75) is 20.5 Å². The van der Waals surface area contributed by atoms with Crippen molar-refractivity contribution in [1.29, 1.82) is 0 Å². The predicted molar refractivity (Wildman–Crippen MR) is 111 cm³/mol. The maximum Gasteiger partial charge on any atom is 0.259 e. The van der Waals surface area contributed by atoms with Gasteiger partial charge >= 0.3 is 0 Å². The number of hydrogen-bond donors (Lipinski definition) is 0. The monoisotopic (exact) mass is 495 g/mol. The van der Waals surface area contributed by atoms with Crippen LogP contribution in [0.3, 0.4) is 0 Å². The van der Waals surface area contributed by atoms with E-state index in [0.717, 1.165) is 21.4 Å². The number of aryl methyl sites for hydroxylation is 2. The lowest BCUT2D eigenvalue weighted by atomic mass is 10.2. The summed E-state index contributed by atoms with van der Waals surface area (Å²) in [4.78, 5) is 20.7. The molecule has 28 heavy (non-hydrogen) atoms. The fourth-order valence-electron chi connectivity index (χ4n) is 2.67. The summed E-state index contributed by atoms with van der Waals surface area (Å²) in [5.41, 5.74) is 2.50. The van der Waals surface area contributed by atoms with Gasteiger partial charge < -0.3 is 4.74 Å². The third-order valence-corrected chi connectivity index (χ3v) is 4.60. The van der Waals surface area contributed by atoms with Gasteiger partial charge in [-0.3, -0.25) is 19.3 Å². The molecule has 5 nitrogen and oxygen atoms in total. The largest absolute Gasteiger partial charge is 0.487 e. The van der Waals surface area contributed by atoms with E-state index in [-0.39, 0.29) is 23.6 Å². The van der Waals surface area contributed by atoms with E-state index in [0.29, 0.717) is 17.1 Å². The summed E-state index contributed by atoms with van der Waals surface area (Å²) in [6, 6.07) is 5.52. The summed E-state index contributed by atoms with van der Waals surface area (Å²) in [7, 11) is 0. The van der Waals surface area contributed by atoms with Crippen LogP contribution < -0.4 is 10.3 Å². The first kappa shape index (κ1) is 20.1. The van der Waals surface area contributed by atoms with Crippen molar-refractivity contribution in [3.05, 3.63) is 87.9 Å². The predicted octanol–water partition coefficient (Wildman–Crippen LogP) is 4.51. The van der Waals surface area contributed by atoms with Gasteiger partial charge in [0.2, 0.25) is 0 Å². The summed E-state index contributed by atoms with van der Waals surface area (Å²) in [6.45, 7) is 7.28. The normalized spacial score (nSPS) is 10.8. The third kappa shape index (κ3) is 4.27. The van der Waals surface area contributed by atoms with Gasteiger partial charge in [0.15, 0.2) is 5.82 Å². The highest BCUT2D eigenvalue weighted by Gasteiger charge is 2.12. The van der Waals surface area contributed by atoms with Crippen LogP contribution in [0.1, 0.15) is 22.6 Å². The van der Waals surface area contributed by atoms with Gasteiger partial charge in [0.25, 0.3) is 5.56 Å². The molecule has 3 aromatic heterocycles. The van der Waals surface area contributed by atoms with Crippen molar-refractivity contribution in [1.82, 2.24) is 14.5 Å². The second-order valence-electron chi connectivity index (χ2n) is 6.14. The molecule has 0 radical (unpaired) electrons. The molecule has 0 saturated carbocycles. The molecular formula is C20H16F2IN3O2. The Bertz CT molecular complexity index is 1130. The molecular weight excluding hydrogens is 479 g/mol. The first-order chi connectivity index (χ1) is 13.3. The topological polar surface area (TPSA) is 57.0 Å². The van der Waals surface area contributed by atoms with Crippen LogP contribution >= 0.6 is 22.6 Å². The Morgan fingerprint density at radius 3 is 2.57 bits per heavy atom. The molecule has 0 atom stereocenters. The van der Waals surface area contributed by atoms with Crippen LogP contribution in [0, 0.1) is 25.5 Å². The van der Waals surface area contributed by atoms with E-state index >= 15 is 0 Å². The zero-order valence-electron chi connectivity index (χ0n) is 15.2. The van der Waals surface area contributed by atoms with Gasteiger partial charge in [0.05, 0.1) is 17.6 Å². The van der Waals surface area contributed by atoms with Crippen LogP contribution in [0.25, 0.3) is 9.27 Å². The summed E-state index contributed by atoms with van der Waals surface area (Å²) in [5.74, 6) is -1.29. The quantitative estimate of drug-likeness (QED) is 0.489. The van der Waals surface area contributed by atoms with Crippen LogP contribution in [0.5, 0.6) is 5.75 Å². The van der Waals surface area contributed by atoms with Gasteiger partial charge in [-0.05, 0) is 48.1 Å². The third-order valence-electron chi connectivity index (χ3n) is 4.04. The number of nitrogens with zero attached hydrogens (tertiary/aromatic N) is 3. The molecule has 0 fully saturated rings. The van der Waals surface area contributed by atoms with Crippen molar-refractivity contribution < 1.29 is 13.5 Å². The number of aromatic nitrogens is 3. The van der Waals surface area contributed by atoms with E-state index in [4.69, 9.17) is 4.74 Å². The minimum absolute atomic E-state index is 0.0431. The van der Waals surface area contributed by atoms with Gasteiger partial charge in [-0.25, -0.2) is 8.78 Å². The highest BCUT2D eigenvalue weighted by molar-refractivity contribution is 14.1. The van der Waals surface area contributed by atoms with Gasteiger partial charge in [0.1, 0.15) is 23.9 Å². The molecule has 144 valence electrons. The lowest BCUT2D eigenvalue weighted by Crippen LogP contribution is -2.21. The number of halogens is 3. The van der Waals surface area contributed by atoms with E-state index in [1.165, 1.54) is 6.07 Å². The highest BCUT2D eigenvalue weighted by Crippen LogP contribution is 2.23. The Kier molecular flexibility index (Phi) is 5.87. The van der Waals surface area contributed by atoms with Gasteiger partial charge in [-0.15, -0.1) is 0 Å². The molecule has 0 aliphatic carbocycles. The van der Waals surface area contributed by atoms with E-state index < -0.39 is 11.6 Å². The van der Waals surface area contributed by atoms with Crippen LogP contribution in [0.2, 0.25) is 0 Å². The first-order valence-corrected chi connectivity index (χ1v) is 9.32. The number of rotatable bonds is 5. The van der Waals surface area contributed by atoms with Crippen molar-refractivity contribution in [2.75, 3.05) is 0 Å². The standard InChI is InChI=1S/C20H16F2IN3O2/c1-11-8-24-17(13(3)23)7-19(11)26-12(2)4-15(6-20(26)27)28-10-18-16(22)5-14(21)9-25-18/h4-9H,3,10H2,1-2H3. The molecule has 0 aliphatic rings. The smallest absolute Gasteiger partial charge is 0.259 e. The lowest BCUT2D eigenvalue weighted by molar-refractivity contribution is 0.292. The maximum atomic E-state index is 13.7. The second kappa shape index (κ2) is 8.17. The summed E-state index contributed by atoms with van der Waals surface area (Å²) >= 11 is 2.08. The number of hydrogen-bond acceptors (Lipinski definition) is 4. The molecule has 0 spiro atoms. The molecule has 0 amide bonds. The average molecular weight is 495 g/mol.